The van der Waals surface area contributed by atoms with Crippen LogP contribution < -0.4 is 10.1 Å². The van der Waals surface area contributed by atoms with Gasteiger partial charge in [0.2, 0.25) is 0 Å². The van der Waals surface area contributed by atoms with E-state index in [-0.39, 0.29) is 36.3 Å². The van der Waals surface area contributed by atoms with Gasteiger partial charge >= 0.3 is 5.97 Å². The smallest absolute Gasteiger partial charge is 0.336 e. The molecule has 0 radical (unpaired) electrons. The van der Waals surface area contributed by atoms with Crippen molar-refractivity contribution in [2.75, 3.05) is 13.7 Å². The van der Waals surface area contributed by atoms with Gasteiger partial charge < -0.3 is 25.0 Å². The second-order valence-corrected chi connectivity index (χ2v) is 8.19. The van der Waals surface area contributed by atoms with Crippen LogP contribution in [-0.4, -0.2) is 51.8 Å². The maximum absolute atomic E-state index is 13.0. The first-order valence-corrected chi connectivity index (χ1v) is 11.2. The summed E-state index contributed by atoms with van der Waals surface area (Å²) in [5.74, 6) is -0.929. The Balaban J connectivity index is 1.55. The van der Waals surface area contributed by atoms with Crippen LogP contribution in [0.1, 0.15) is 32.0 Å². The van der Waals surface area contributed by atoms with Gasteiger partial charge in [0.05, 0.1) is 29.9 Å². The second kappa shape index (κ2) is 11.3. The lowest BCUT2D eigenvalue weighted by Gasteiger charge is -2.18. The molecule has 4 rings (SSSR count). The Morgan fingerprint density at radius 3 is 2.53 bits per heavy atom. The molecule has 0 saturated carbocycles. The van der Waals surface area contributed by atoms with Gasteiger partial charge in [-0.15, -0.1) is 0 Å². The zero-order valence-electron chi connectivity index (χ0n) is 19.5. The molecule has 0 fully saturated rings. The van der Waals surface area contributed by atoms with E-state index in [1.807, 2.05) is 0 Å². The molecular formula is C27H25N3O6. The van der Waals surface area contributed by atoms with Crippen molar-refractivity contribution in [3.8, 4) is 11.5 Å². The van der Waals surface area contributed by atoms with Crippen molar-refractivity contribution in [1.29, 1.82) is 0 Å². The van der Waals surface area contributed by atoms with Crippen molar-refractivity contribution in [2.45, 2.75) is 19.1 Å². The number of rotatable bonds is 10. The molecule has 0 spiro atoms. The fourth-order valence-corrected chi connectivity index (χ4v) is 3.78. The third-order valence-electron chi connectivity index (χ3n) is 5.50. The number of carboxylic acids is 1. The number of aromatic hydroxyl groups is 1. The molecule has 2 heterocycles. The average Bonchev–Trinajstić information content (AvgIpc) is 2.88. The number of aromatic carboxylic acids is 1. The van der Waals surface area contributed by atoms with E-state index in [2.05, 4.69) is 15.3 Å². The number of carboxylic acid groups (broad SMARTS) is 1. The van der Waals surface area contributed by atoms with Gasteiger partial charge in [-0.05, 0) is 60.0 Å². The first-order valence-electron chi connectivity index (χ1n) is 11.2. The molecule has 0 aliphatic carbocycles. The molecule has 2 aromatic heterocycles. The number of nitrogens with one attached hydrogen (secondary N) is 1. The van der Waals surface area contributed by atoms with E-state index in [0.717, 1.165) is 11.1 Å². The first-order chi connectivity index (χ1) is 17.4. The number of fused-ring (bicyclic) bond motifs is 1. The fraction of sp³-hybridized carbons (Fsp3) is 0.185. The van der Waals surface area contributed by atoms with Crippen LogP contribution in [0.3, 0.4) is 0 Å². The molecule has 4 aromatic rings. The third kappa shape index (κ3) is 6.13. The lowest BCUT2D eigenvalue weighted by Crippen LogP contribution is -2.40. The highest BCUT2D eigenvalue weighted by Crippen LogP contribution is 2.22. The lowest BCUT2D eigenvalue weighted by atomic mass is 10.0. The zero-order chi connectivity index (χ0) is 25.5. The molecule has 9 nitrogen and oxygen atoms in total. The fourth-order valence-electron chi connectivity index (χ4n) is 3.78. The summed E-state index contributed by atoms with van der Waals surface area (Å²) in [4.78, 5) is 33.5. The number of methoxy groups -OCH3 is 1. The molecule has 0 saturated heterocycles. The number of phenolic OH excluding ortho intramolecular Hbond substituents is 1. The van der Waals surface area contributed by atoms with Gasteiger partial charge in [-0.2, -0.15) is 0 Å². The highest BCUT2D eigenvalue weighted by molar-refractivity contribution is 6.06. The summed E-state index contributed by atoms with van der Waals surface area (Å²) in [6.45, 7) is 0.463. The normalized spacial score (nSPS) is 11.7. The Morgan fingerprint density at radius 2 is 1.83 bits per heavy atom. The van der Waals surface area contributed by atoms with Crippen molar-refractivity contribution < 1.29 is 29.3 Å². The average molecular weight is 488 g/mol. The molecule has 2 aromatic carbocycles. The number of amides is 1. The Labute approximate surface area is 207 Å². The molecule has 9 heteroatoms. The van der Waals surface area contributed by atoms with E-state index in [1.165, 1.54) is 13.2 Å². The van der Waals surface area contributed by atoms with E-state index in [0.29, 0.717) is 23.1 Å². The summed E-state index contributed by atoms with van der Waals surface area (Å²) >= 11 is 0. The van der Waals surface area contributed by atoms with E-state index in [1.54, 1.807) is 67.0 Å². The summed E-state index contributed by atoms with van der Waals surface area (Å²) in [7, 11) is 1.53. The largest absolute Gasteiger partial charge is 0.508 e. The number of hydrogen-bond acceptors (Lipinski definition) is 7. The number of pyridine rings is 2. The molecule has 36 heavy (non-hydrogen) atoms. The summed E-state index contributed by atoms with van der Waals surface area (Å²) in [6, 6.07) is 16.2. The molecule has 1 atom stereocenters. The predicted octanol–water partition coefficient (Wildman–Crippen LogP) is 3.60. The summed E-state index contributed by atoms with van der Waals surface area (Å²) in [6.07, 6.45) is 3.69. The molecule has 1 amide bonds. The number of benzene rings is 2. The van der Waals surface area contributed by atoms with Gasteiger partial charge in [-0.1, -0.05) is 18.2 Å². The third-order valence-corrected chi connectivity index (χ3v) is 5.50. The Hall–Kier alpha value is -4.50. The van der Waals surface area contributed by atoms with Crippen LogP contribution in [0.25, 0.3) is 10.9 Å². The van der Waals surface area contributed by atoms with Gasteiger partial charge in [0, 0.05) is 18.7 Å². The standard InChI is InChI=1S/C27H25N3O6/c1-35-16-19(11-17-4-7-20(31)8-5-17)29-26(32)25-13-23(27(33)34)22-12-18(6-9-24(22)30-25)15-36-21-3-2-10-28-14-21/h2-10,12-14,19,31H,11,15-16H2,1H3,(H,29,32)(H,33,34)/t19-/m0/s1. The highest BCUT2D eigenvalue weighted by atomic mass is 16.5. The van der Waals surface area contributed by atoms with Crippen LogP contribution >= 0.6 is 0 Å². The molecule has 0 aliphatic heterocycles. The monoisotopic (exact) mass is 487 g/mol. The maximum Gasteiger partial charge on any atom is 0.336 e. The minimum absolute atomic E-state index is 0.00827. The quantitative estimate of drug-likeness (QED) is 0.309. The minimum Gasteiger partial charge on any atom is -0.508 e. The van der Waals surface area contributed by atoms with Gasteiger partial charge in [0.25, 0.3) is 5.91 Å². The van der Waals surface area contributed by atoms with Crippen LogP contribution in [0, 0.1) is 0 Å². The first kappa shape index (κ1) is 24.6. The van der Waals surface area contributed by atoms with E-state index in [4.69, 9.17) is 9.47 Å². The maximum atomic E-state index is 13.0. The Morgan fingerprint density at radius 1 is 1.06 bits per heavy atom. The van der Waals surface area contributed by atoms with Crippen molar-refractivity contribution in [3.63, 3.8) is 0 Å². The molecule has 0 unspecified atom stereocenters. The second-order valence-electron chi connectivity index (χ2n) is 8.19. The van der Waals surface area contributed by atoms with E-state index in [9.17, 15) is 19.8 Å². The molecule has 3 N–H and O–H groups in total. The number of hydrogen-bond donors (Lipinski definition) is 3. The van der Waals surface area contributed by atoms with Crippen LogP contribution in [0.5, 0.6) is 11.5 Å². The Bertz CT molecular complexity index is 1360. The molecular weight excluding hydrogens is 462 g/mol. The Kier molecular flexibility index (Phi) is 7.72. The zero-order valence-corrected chi connectivity index (χ0v) is 19.5. The van der Waals surface area contributed by atoms with Crippen LogP contribution in [0.15, 0.2) is 73.1 Å². The van der Waals surface area contributed by atoms with E-state index < -0.39 is 11.9 Å². The number of carbonyl (C=O) groups is 2. The van der Waals surface area contributed by atoms with Crippen LogP contribution in [0.4, 0.5) is 0 Å². The van der Waals surface area contributed by atoms with Crippen molar-refractivity contribution >= 4 is 22.8 Å². The van der Waals surface area contributed by atoms with Gasteiger partial charge in [-0.3, -0.25) is 9.78 Å². The topological polar surface area (TPSA) is 131 Å². The van der Waals surface area contributed by atoms with Gasteiger partial charge in [0.15, 0.2) is 0 Å². The minimum atomic E-state index is -1.17. The van der Waals surface area contributed by atoms with Crippen molar-refractivity contribution in [2.24, 2.45) is 0 Å². The molecule has 0 aliphatic rings. The number of aromatic nitrogens is 2. The molecule has 0 bridgehead atoms. The lowest BCUT2D eigenvalue weighted by molar-refractivity contribution is 0.0699. The van der Waals surface area contributed by atoms with Crippen LogP contribution in [-0.2, 0) is 17.8 Å². The number of nitrogens with zero attached hydrogens (tertiary/aromatic N) is 2. The summed E-state index contributed by atoms with van der Waals surface area (Å²) in [5, 5.41) is 22.6. The van der Waals surface area contributed by atoms with Gasteiger partial charge in [-0.25, -0.2) is 9.78 Å². The van der Waals surface area contributed by atoms with Crippen molar-refractivity contribution in [3.05, 3.63) is 95.4 Å². The highest BCUT2D eigenvalue weighted by Gasteiger charge is 2.20. The number of phenols is 1. The predicted molar refractivity (Wildman–Crippen MR) is 132 cm³/mol. The van der Waals surface area contributed by atoms with Gasteiger partial charge in [0.1, 0.15) is 23.8 Å². The summed E-state index contributed by atoms with van der Waals surface area (Å²) in [5.41, 5.74) is 1.99. The SMILES string of the molecule is COC[C@H](Cc1ccc(O)cc1)NC(=O)c1cc(C(=O)O)c2cc(COc3cccnc3)ccc2n1. The number of ether oxygens (including phenoxy) is 2. The van der Waals surface area contributed by atoms with Crippen molar-refractivity contribution in [1.82, 2.24) is 15.3 Å². The number of carbonyl (C=O) groups excluding carboxylic acids is 1. The summed E-state index contributed by atoms with van der Waals surface area (Å²) < 4.78 is 10.9. The van der Waals surface area contributed by atoms with Crippen LogP contribution in [0.2, 0.25) is 0 Å². The molecule has 184 valence electrons. The van der Waals surface area contributed by atoms with E-state index >= 15 is 0 Å².